The number of nitrogens with one attached hydrogen (secondary N) is 1. The molecule has 1 aromatic carbocycles. The molecule has 2 rings (SSSR count). The first-order valence-corrected chi connectivity index (χ1v) is 7.53. The Balaban J connectivity index is 2.09. The van der Waals surface area contributed by atoms with Gasteiger partial charge in [0.25, 0.3) is 5.91 Å². The minimum Gasteiger partial charge on any atom is -0.277 e. The predicted octanol–water partition coefficient (Wildman–Crippen LogP) is 3.04. The van der Waals surface area contributed by atoms with Gasteiger partial charge in [0.1, 0.15) is 4.34 Å². The highest BCUT2D eigenvalue weighted by Gasteiger charge is 2.11. The normalized spacial score (nSPS) is 10.4. The molecule has 19 heavy (non-hydrogen) atoms. The Bertz CT molecular complexity index is 569. The summed E-state index contributed by atoms with van der Waals surface area (Å²) < 4.78 is 1.01. The second kappa shape index (κ2) is 6.70. The number of carbonyl (C=O) groups is 1. The van der Waals surface area contributed by atoms with Crippen LogP contribution in [0, 0.1) is 6.92 Å². The van der Waals surface area contributed by atoms with Crippen LogP contribution in [0.5, 0.6) is 0 Å². The number of nitrogens with zero attached hydrogens (tertiary/aromatic N) is 1. The number of hydrogen-bond acceptors (Lipinski definition) is 5. The van der Waals surface area contributed by atoms with Gasteiger partial charge in [-0.25, -0.2) is 10.5 Å². The van der Waals surface area contributed by atoms with Crippen molar-refractivity contribution in [2.45, 2.75) is 17.0 Å². The van der Waals surface area contributed by atoms with E-state index in [0.717, 1.165) is 15.6 Å². The number of thioether (sulfide) groups is 1. The lowest BCUT2D eigenvalue weighted by Gasteiger charge is -2.07. The molecule has 0 atom stereocenters. The largest absolute Gasteiger partial charge is 0.277 e. The fourth-order valence-electron chi connectivity index (χ4n) is 1.55. The van der Waals surface area contributed by atoms with Crippen molar-refractivity contribution in [1.82, 2.24) is 10.5 Å². The zero-order valence-electron chi connectivity index (χ0n) is 10.7. The summed E-state index contributed by atoms with van der Waals surface area (Å²) in [5, 5.41) is 2.02. The third-order valence-corrected chi connectivity index (χ3v) is 4.59. The van der Waals surface area contributed by atoms with Crippen LogP contribution in [-0.2, 0) is 10.6 Å². The van der Waals surface area contributed by atoms with Crippen molar-refractivity contribution in [1.29, 1.82) is 0 Å². The van der Waals surface area contributed by atoms with E-state index in [1.807, 2.05) is 30.5 Å². The Hall–Kier alpha value is -1.37. The van der Waals surface area contributed by atoms with Gasteiger partial charge < -0.3 is 0 Å². The molecule has 0 aliphatic carbocycles. The molecule has 0 unspecified atom stereocenters. The van der Waals surface area contributed by atoms with Gasteiger partial charge in [-0.15, -0.1) is 11.3 Å². The van der Waals surface area contributed by atoms with Crippen molar-refractivity contribution in [2.24, 2.45) is 0 Å². The fourth-order valence-corrected chi connectivity index (χ4v) is 3.41. The van der Waals surface area contributed by atoms with E-state index in [1.54, 1.807) is 29.2 Å². The molecule has 0 fully saturated rings. The van der Waals surface area contributed by atoms with E-state index in [9.17, 15) is 4.79 Å². The zero-order chi connectivity index (χ0) is 13.7. The minimum absolute atomic E-state index is 0.228. The van der Waals surface area contributed by atoms with Crippen molar-refractivity contribution in [3.63, 3.8) is 0 Å². The van der Waals surface area contributed by atoms with Gasteiger partial charge in [0.05, 0.1) is 7.11 Å². The highest BCUT2D eigenvalue weighted by molar-refractivity contribution is 8.00. The highest BCUT2D eigenvalue weighted by Crippen LogP contribution is 2.27. The number of thiazole rings is 1. The van der Waals surface area contributed by atoms with Gasteiger partial charge in [-0.2, -0.15) is 0 Å². The SMILES string of the molecule is CONC(=O)c1ccccc1CSc1nc(C)cs1. The molecule has 100 valence electrons. The topological polar surface area (TPSA) is 51.2 Å². The van der Waals surface area contributed by atoms with Gasteiger partial charge >= 0.3 is 0 Å². The predicted molar refractivity (Wildman–Crippen MR) is 77.3 cm³/mol. The molecule has 6 heteroatoms. The molecule has 0 saturated heterocycles. The number of rotatable bonds is 5. The summed E-state index contributed by atoms with van der Waals surface area (Å²) in [5.41, 5.74) is 4.97. The Kier molecular flexibility index (Phi) is 4.95. The Morgan fingerprint density at radius 1 is 1.47 bits per heavy atom. The summed E-state index contributed by atoms with van der Waals surface area (Å²) in [5.74, 6) is 0.481. The van der Waals surface area contributed by atoms with E-state index >= 15 is 0 Å². The van der Waals surface area contributed by atoms with Crippen molar-refractivity contribution in [3.05, 3.63) is 46.5 Å². The molecule has 0 saturated carbocycles. The lowest BCUT2D eigenvalue weighted by molar-refractivity contribution is 0.0537. The molecule has 0 aliphatic rings. The maximum absolute atomic E-state index is 11.8. The van der Waals surface area contributed by atoms with Gasteiger partial charge in [0.2, 0.25) is 0 Å². The van der Waals surface area contributed by atoms with Crippen LogP contribution in [0.4, 0.5) is 0 Å². The van der Waals surface area contributed by atoms with Crippen molar-refractivity contribution >= 4 is 29.0 Å². The maximum atomic E-state index is 11.8. The third-order valence-electron chi connectivity index (χ3n) is 2.41. The Morgan fingerprint density at radius 2 is 2.26 bits per heavy atom. The first-order chi connectivity index (χ1) is 9.20. The lowest BCUT2D eigenvalue weighted by atomic mass is 10.1. The van der Waals surface area contributed by atoms with Crippen LogP contribution in [-0.4, -0.2) is 18.0 Å². The van der Waals surface area contributed by atoms with E-state index in [0.29, 0.717) is 11.3 Å². The molecule has 4 nitrogen and oxygen atoms in total. The van der Waals surface area contributed by atoms with E-state index in [1.165, 1.54) is 7.11 Å². The van der Waals surface area contributed by atoms with Gasteiger partial charge in [-0.1, -0.05) is 30.0 Å². The van der Waals surface area contributed by atoms with Crippen LogP contribution in [0.25, 0.3) is 0 Å². The van der Waals surface area contributed by atoms with Gasteiger partial charge in [-0.05, 0) is 18.6 Å². The first-order valence-electron chi connectivity index (χ1n) is 5.67. The van der Waals surface area contributed by atoms with Gasteiger partial charge in [-0.3, -0.25) is 9.63 Å². The molecule has 1 heterocycles. The maximum Gasteiger partial charge on any atom is 0.275 e. The van der Waals surface area contributed by atoms with Crippen LogP contribution >= 0.6 is 23.1 Å². The second-order valence-corrected chi connectivity index (χ2v) is 5.92. The summed E-state index contributed by atoms with van der Waals surface area (Å²) in [7, 11) is 1.42. The molecule has 0 bridgehead atoms. The number of carbonyl (C=O) groups excluding carboxylic acids is 1. The summed E-state index contributed by atoms with van der Waals surface area (Å²) in [6.07, 6.45) is 0. The molecule has 1 amide bonds. The molecule has 2 aromatic rings. The number of benzene rings is 1. The number of hydroxylamine groups is 1. The second-order valence-electron chi connectivity index (χ2n) is 3.84. The van der Waals surface area contributed by atoms with Crippen LogP contribution in [0.2, 0.25) is 0 Å². The van der Waals surface area contributed by atoms with E-state index in [2.05, 4.69) is 15.3 Å². The summed E-state index contributed by atoms with van der Waals surface area (Å²) in [6, 6.07) is 7.49. The lowest BCUT2D eigenvalue weighted by Crippen LogP contribution is -2.22. The molecule has 1 aromatic heterocycles. The van der Waals surface area contributed by atoms with E-state index < -0.39 is 0 Å². The summed E-state index contributed by atoms with van der Waals surface area (Å²) >= 11 is 3.25. The van der Waals surface area contributed by atoms with Crippen LogP contribution in [0.1, 0.15) is 21.6 Å². The molecule has 0 radical (unpaired) electrons. The van der Waals surface area contributed by atoms with Crippen molar-refractivity contribution < 1.29 is 9.63 Å². The molecule has 0 spiro atoms. The average molecular weight is 294 g/mol. The smallest absolute Gasteiger partial charge is 0.275 e. The quantitative estimate of drug-likeness (QED) is 0.680. The third kappa shape index (κ3) is 3.79. The van der Waals surface area contributed by atoms with Crippen molar-refractivity contribution in [3.8, 4) is 0 Å². The Labute approximate surface area is 120 Å². The number of hydrogen-bond donors (Lipinski definition) is 1. The van der Waals surface area contributed by atoms with E-state index in [4.69, 9.17) is 0 Å². The minimum atomic E-state index is -0.228. The summed E-state index contributed by atoms with van der Waals surface area (Å²) in [6.45, 7) is 1.97. The van der Waals surface area contributed by atoms with Crippen LogP contribution < -0.4 is 5.48 Å². The molecular formula is C13H14N2O2S2. The number of aromatic nitrogens is 1. The average Bonchev–Trinajstić information content (AvgIpc) is 2.83. The summed E-state index contributed by atoms with van der Waals surface area (Å²) in [4.78, 5) is 20.9. The molecular weight excluding hydrogens is 280 g/mol. The van der Waals surface area contributed by atoms with Gasteiger partial charge in [0, 0.05) is 22.4 Å². The fraction of sp³-hybridized carbons (Fsp3) is 0.231. The molecule has 0 aliphatic heterocycles. The number of amides is 1. The van der Waals surface area contributed by atoms with Crippen LogP contribution in [0.15, 0.2) is 34.0 Å². The first kappa shape index (κ1) is 14.0. The standard InChI is InChI=1S/C13H14N2O2S2/c1-9-7-18-13(14-9)19-8-10-5-3-4-6-11(10)12(16)15-17-2/h3-7H,8H2,1-2H3,(H,15,16). The highest BCUT2D eigenvalue weighted by atomic mass is 32.2. The molecule has 1 N–H and O–H groups in total. The zero-order valence-corrected chi connectivity index (χ0v) is 12.3. The number of aryl methyl sites for hydroxylation is 1. The van der Waals surface area contributed by atoms with E-state index in [-0.39, 0.29) is 5.91 Å². The van der Waals surface area contributed by atoms with Crippen LogP contribution in [0.3, 0.4) is 0 Å². The monoisotopic (exact) mass is 294 g/mol. The Morgan fingerprint density at radius 3 is 2.95 bits per heavy atom. The van der Waals surface area contributed by atoms with Crippen molar-refractivity contribution in [2.75, 3.05) is 7.11 Å². The van der Waals surface area contributed by atoms with Gasteiger partial charge in [0.15, 0.2) is 0 Å².